The van der Waals surface area contributed by atoms with E-state index < -0.39 is 5.60 Å². The van der Waals surface area contributed by atoms with E-state index in [9.17, 15) is 10.2 Å². The first-order chi connectivity index (χ1) is 12.1. The summed E-state index contributed by atoms with van der Waals surface area (Å²) in [7, 11) is 0. The van der Waals surface area contributed by atoms with Gasteiger partial charge < -0.3 is 14.9 Å². The van der Waals surface area contributed by atoms with Gasteiger partial charge in [0.25, 0.3) is 0 Å². The lowest BCUT2D eigenvalue weighted by Gasteiger charge is -2.31. The molecule has 0 aliphatic carbocycles. The highest BCUT2D eigenvalue weighted by molar-refractivity contribution is 7.18. The molecule has 0 fully saturated rings. The zero-order valence-electron chi connectivity index (χ0n) is 13.6. The molecule has 1 unspecified atom stereocenters. The molecule has 1 aliphatic heterocycles. The summed E-state index contributed by atoms with van der Waals surface area (Å²) < 4.78 is 5.56. The predicted molar refractivity (Wildman–Crippen MR) is 94.4 cm³/mol. The van der Waals surface area contributed by atoms with Crippen LogP contribution in [0.15, 0.2) is 36.7 Å². The Balaban J connectivity index is 1.79. The van der Waals surface area contributed by atoms with Crippen LogP contribution in [0.3, 0.4) is 0 Å². The average molecular weight is 355 g/mol. The molecule has 25 heavy (non-hydrogen) atoms. The van der Waals surface area contributed by atoms with E-state index in [1.165, 1.54) is 11.3 Å². The van der Waals surface area contributed by atoms with Crippen LogP contribution in [-0.2, 0) is 5.60 Å². The minimum Gasteiger partial charge on any atom is -0.491 e. The molecule has 1 aliphatic rings. The summed E-state index contributed by atoms with van der Waals surface area (Å²) >= 11 is 1.53. The van der Waals surface area contributed by atoms with E-state index in [4.69, 9.17) is 4.74 Å². The van der Waals surface area contributed by atoms with Crippen LogP contribution in [0.5, 0.6) is 5.75 Å². The fourth-order valence-corrected chi connectivity index (χ4v) is 3.90. The van der Waals surface area contributed by atoms with E-state index in [-0.39, 0.29) is 6.61 Å². The lowest BCUT2D eigenvalue weighted by atomic mass is 9.93. The van der Waals surface area contributed by atoms with Crippen molar-refractivity contribution in [3.63, 3.8) is 0 Å². The van der Waals surface area contributed by atoms with Crippen molar-refractivity contribution in [1.29, 1.82) is 0 Å². The number of aromatic nitrogens is 3. The monoisotopic (exact) mass is 355 g/mol. The summed E-state index contributed by atoms with van der Waals surface area (Å²) in [5.41, 5.74) is 1.54. The highest BCUT2D eigenvalue weighted by Crippen LogP contribution is 2.39. The molecule has 0 amide bonds. The molecular weight excluding hydrogens is 338 g/mol. The third-order valence-electron chi connectivity index (χ3n) is 4.27. The predicted octanol–water partition coefficient (Wildman–Crippen LogP) is 2.54. The van der Waals surface area contributed by atoms with Crippen molar-refractivity contribution in [2.45, 2.75) is 18.9 Å². The Bertz CT molecular complexity index is 913. The summed E-state index contributed by atoms with van der Waals surface area (Å²) in [4.78, 5) is 14.3. The largest absolute Gasteiger partial charge is 0.491 e. The van der Waals surface area contributed by atoms with Crippen LogP contribution in [0, 0.1) is 6.92 Å². The van der Waals surface area contributed by atoms with Crippen molar-refractivity contribution in [3.8, 4) is 26.9 Å². The minimum atomic E-state index is -1.37. The van der Waals surface area contributed by atoms with Crippen LogP contribution < -0.4 is 4.74 Å². The summed E-state index contributed by atoms with van der Waals surface area (Å²) in [6.07, 6.45) is 3.82. The van der Waals surface area contributed by atoms with Crippen molar-refractivity contribution in [1.82, 2.24) is 15.0 Å². The lowest BCUT2D eigenvalue weighted by molar-refractivity contribution is -0.0512. The van der Waals surface area contributed by atoms with Gasteiger partial charge in [-0.2, -0.15) is 0 Å². The molecule has 7 heteroatoms. The Hall–Kier alpha value is -2.35. The first-order valence-electron chi connectivity index (χ1n) is 7.96. The molecule has 0 saturated carbocycles. The molecule has 1 atom stereocenters. The fourth-order valence-electron chi connectivity index (χ4n) is 2.87. The Kier molecular flexibility index (Phi) is 3.99. The molecule has 0 saturated heterocycles. The third-order valence-corrected chi connectivity index (χ3v) is 5.50. The molecule has 0 bridgehead atoms. The molecule has 6 nitrogen and oxygen atoms in total. The number of thiazole rings is 1. The normalized spacial score (nSPS) is 19.3. The number of aryl methyl sites for hydroxylation is 1. The van der Waals surface area contributed by atoms with Crippen LogP contribution in [0.4, 0.5) is 0 Å². The van der Waals surface area contributed by atoms with Gasteiger partial charge in [-0.05, 0) is 31.2 Å². The number of fused-ring (bicyclic) bond motifs is 1. The van der Waals surface area contributed by atoms with E-state index in [0.717, 1.165) is 21.1 Å². The molecule has 4 heterocycles. The molecule has 2 N–H and O–H groups in total. The second-order valence-electron chi connectivity index (χ2n) is 6.01. The van der Waals surface area contributed by atoms with E-state index in [1.54, 1.807) is 18.5 Å². The lowest BCUT2D eigenvalue weighted by Crippen LogP contribution is -2.37. The maximum absolute atomic E-state index is 10.6. The standard InChI is InChI=1S/C18H17N3O3S/c1-11-15(25-17(20-11)12-3-2-7-19-9-12)13-4-5-14-16(21-13)18(23,10-22)6-8-24-14/h2-5,7,9,22-23H,6,8,10H2,1H3. The van der Waals surface area contributed by atoms with E-state index in [1.807, 2.05) is 25.1 Å². The Morgan fingerprint density at radius 3 is 2.92 bits per heavy atom. The van der Waals surface area contributed by atoms with Crippen molar-refractivity contribution in [2.75, 3.05) is 13.2 Å². The number of pyridine rings is 2. The molecule has 3 aromatic heterocycles. The van der Waals surface area contributed by atoms with Gasteiger partial charge in [-0.3, -0.25) is 4.98 Å². The van der Waals surface area contributed by atoms with Gasteiger partial charge in [0.1, 0.15) is 22.1 Å². The highest BCUT2D eigenvalue weighted by atomic mass is 32.1. The topological polar surface area (TPSA) is 88.4 Å². The zero-order valence-corrected chi connectivity index (χ0v) is 14.5. The van der Waals surface area contributed by atoms with Gasteiger partial charge >= 0.3 is 0 Å². The molecule has 128 valence electrons. The summed E-state index contributed by atoms with van der Waals surface area (Å²) in [6, 6.07) is 7.49. The first kappa shape index (κ1) is 16.1. The van der Waals surface area contributed by atoms with E-state index in [2.05, 4.69) is 15.0 Å². The Morgan fingerprint density at radius 1 is 1.28 bits per heavy atom. The molecule has 0 aromatic carbocycles. The van der Waals surface area contributed by atoms with Gasteiger partial charge in [0, 0.05) is 24.4 Å². The molecule has 4 rings (SSSR count). The van der Waals surface area contributed by atoms with Crippen LogP contribution >= 0.6 is 11.3 Å². The first-order valence-corrected chi connectivity index (χ1v) is 8.78. The summed E-state index contributed by atoms with van der Waals surface area (Å²) in [5, 5.41) is 21.1. The van der Waals surface area contributed by atoms with Crippen LogP contribution in [0.1, 0.15) is 17.8 Å². The number of rotatable bonds is 3. The van der Waals surface area contributed by atoms with Gasteiger partial charge in [0.2, 0.25) is 0 Å². The molecule has 0 spiro atoms. The van der Waals surface area contributed by atoms with Crippen molar-refractivity contribution < 1.29 is 14.9 Å². The van der Waals surface area contributed by atoms with E-state index >= 15 is 0 Å². The fraction of sp³-hybridized carbons (Fsp3) is 0.278. The molecular formula is C18H17N3O3S. The van der Waals surface area contributed by atoms with Gasteiger partial charge in [0.15, 0.2) is 0 Å². The second-order valence-corrected chi connectivity index (χ2v) is 7.01. The van der Waals surface area contributed by atoms with Crippen LogP contribution in [0.25, 0.3) is 21.1 Å². The van der Waals surface area contributed by atoms with Gasteiger partial charge in [-0.15, -0.1) is 11.3 Å². The number of hydrogen-bond donors (Lipinski definition) is 2. The Labute approximate surface area is 148 Å². The smallest absolute Gasteiger partial charge is 0.143 e. The molecule has 3 aromatic rings. The quantitative estimate of drug-likeness (QED) is 0.751. The van der Waals surface area contributed by atoms with Gasteiger partial charge in [-0.25, -0.2) is 9.97 Å². The summed E-state index contributed by atoms with van der Waals surface area (Å²) in [5.74, 6) is 0.515. The number of aliphatic hydroxyl groups is 2. The van der Waals surface area contributed by atoms with Crippen molar-refractivity contribution >= 4 is 11.3 Å². The van der Waals surface area contributed by atoms with Gasteiger partial charge in [0.05, 0.1) is 29.5 Å². The van der Waals surface area contributed by atoms with Crippen LogP contribution in [-0.4, -0.2) is 38.4 Å². The maximum Gasteiger partial charge on any atom is 0.143 e. The number of aliphatic hydroxyl groups excluding tert-OH is 1. The van der Waals surface area contributed by atoms with Crippen molar-refractivity contribution in [2.24, 2.45) is 0 Å². The second kappa shape index (κ2) is 6.18. The van der Waals surface area contributed by atoms with Crippen molar-refractivity contribution in [3.05, 3.63) is 48.0 Å². The SMILES string of the molecule is Cc1nc(-c2cccnc2)sc1-c1ccc2c(n1)C(O)(CO)CCO2. The maximum atomic E-state index is 10.6. The average Bonchev–Trinajstić information content (AvgIpc) is 3.04. The highest BCUT2D eigenvalue weighted by Gasteiger charge is 2.37. The van der Waals surface area contributed by atoms with E-state index in [0.29, 0.717) is 30.2 Å². The third kappa shape index (κ3) is 2.80. The zero-order chi connectivity index (χ0) is 17.4. The Morgan fingerprint density at radius 2 is 2.16 bits per heavy atom. The minimum absolute atomic E-state index is 0.315. The number of nitrogens with zero attached hydrogens (tertiary/aromatic N) is 3. The summed E-state index contributed by atoms with van der Waals surface area (Å²) in [6.45, 7) is 1.90. The molecule has 0 radical (unpaired) electrons. The van der Waals surface area contributed by atoms with Gasteiger partial charge in [-0.1, -0.05) is 0 Å². The number of hydrogen-bond acceptors (Lipinski definition) is 7. The van der Waals surface area contributed by atoms with Crippen LogP contribution in [0.2, 0.25) is 0 Å². The number of ether oxygens (including phenoxy) is 1.